The average molecular weight is 377 g/mol. The van der Waals surface area contributed by atoms with E-state index in [0.29, 0.717) is 0 Å². The molecule has 0 aliphatic rings. The van der Waals surface area contributed by atoms with Gasteiger partial charge in [0.25, 0.3) is 0 Å². The molecule has 1 heterocycles. The maximum Gasteiger partial charge on any atom is 0.307 e. The molecular formula is C16H12INO2. The molecule has 0 radical (unpaired) electrons. The van der Waals surface area contributed by atoms with Crippen LogP contribution in [0.1, 0.15) is 5.56 Å². The Morgan fingerprint density at radius 1 is 1.15 bits per heavy atom. The molecule has 0 bridgehead atoms. The second kappa shape index (κ2) is 5.28. The normalized spacial score (nSPS) is 10.8. The molecule has 20 heavy (non-hydrogen) atoms. The first-order valence-electron chi connectivity index (χ1n) is 6.22. The molecule has 2 N–H and O–H groups in total. The first-order chi connectivity index (χ1) is 9.65. The van der Waals surface area contributed by atoms with E-state index in [0.717, 1.165) is 31.3 Å². The minimum atomic E-state index is -0.818. The largest absolute Gasteiger partial charge is 0.481 e. The lowest BCUT2D eigenvalue weighted by atomic mass is 10.0. The van der Waals surface area contributed by atoms with Crippen molar-refractivity contribution in [2.45, 2.75) is 6.42 Å². The van der Waals surface area contributed by atoms with Crippen molar-refractivity contribution in [1.82, 2.24) is 4.98 Å². The molecule has 100 valence electrons. The lowest BCUT2D eigenvalue weighted by Crippen LogP contribution is -2.00. The van der Waals surface area contributed by atoms with Crippen molar-refractivity contribution < 1.29 is 9.90 Å². The molecule has 0 aliphatic carbocycles. The van der Waals surface area contributed by atoms with Crippen molar-refractivity contribution in [2.24, 2.45) is 0 Å². The Labute approximate surface area is 129 Å². The molecule has 0 atom stereocenters. The number of aromatic amines is 1. The molecule has 0 unspecified atom stereocenters. The Morgan fingerprint density at radius 3 is 2.60 bits per heavy atom. The predicted octanol–water partition coefficient (Wildman–Crippen LogP) is 4.07. The molecule has 0 fully saturated rings. The third kappa shape index (κ3) is 2.43. The van der Waals surface area contributed by atoms with Crippen LogP contribution in [0.5, 0.6) is 0 Å². The minimum Gasteiger partial charge on any atom is -0.481 e. The first kappa shape index (κ1) is 13.2. The fourth-order valence-electron chi connectivity index (χ4n) is 2.41. The summed E-state index contributed by atoms with van der Waals surface area (Å²) in [5.41, 5.74) is 3.72. The van der Waals surface area contributed by atoms with E-state index in [-0.39, 0.29) is 6.42 Å². The minimum absolute atomic E-state index is 0.0182. The van der Waals surface area contributed by atoms with Crippen LogP contribution in [0.4, 0.5) is 0 Å². The van der Waals surface area contributed by atoms with Crippen LogP contribution in [0.15, 0.2) is 48.5 Å². The Balaban J connectivity index is 2.28. The van der Waals surface area contributed by atoms with Crippen molar-refractivity contribution in [3.8, 4) is 11.3 Å². The summed E-state index contributed by atoms with van der Waals surface area (Å²) in [5, 5.41) is 10.2. The van der Waals surface area contributed by atoms with E-state index in [2.05, 4.69) is 27.6 Å². The van der Waals surface area contributed by atoms with E-state index in [4.69, 9.17) is 5.11 Å². The highest BCUT2D eigenvalue weighted by Gasteiger charge is 2.15. The highest BCUT2D eigenvalue weighted by molar-refractivity contribution is 14.1. The van der Waals surface area contributed by atoms with E-state index < -0.39 is 5.97 Å². The lowest BCUT2D eigenvalue weighted by Gasteiger charge is -2.02. The summed E-state index contributed by atoms with van der Waals surface area (Å²) in [6.07, 6.45) is 0.0182. The number of rotatable bonds is 3. The van der Waals surface area contributed by atoms with E-state index in [9.17, 15) is 4.79 Å². The van der Waals surface area contributed by atoms with Crippen molar-refractivity contribution in [1.29, 1.82) is 0 Å². The number of aromatic nitrogens is 1. The Hall–Kier alpha value is -1.82. The van der Waals surface area contributed by atoms with Gasteiger partial charge in [0.2, 0.25) is 0 Å². The quantitative estimate of drug-likeness (QED) is 0.677. The number of carboxylic acid groups (broad SMARTS) is 1. The zero-order chi connectivity index (χ0) is 14.1. The van der Waals surface area contributed by atoms with Gasteiger partial charge in [-0.25, -0.2) is 0 Å². The van der Waals surface area contributed by atoms with Gasteiger partial charge in [0, 0.05) is 14.5 Å². The molecular weight excluding hydrogens is 365 g/mol. The second-order valence-corrected chi connectivity index (χ2v) is 5.85. The van der Waals surface area contributed by atoms with E-state index in [1.165, 1.54) is 0 Å². The van der Waals surface area contributed by atoms with E-state index in [1.54, 1.807) is 0 Å². The molecule has 3 nitrogen and oxygen atoms in total. The number of hydrogen-bond acceptors (Lipinski definition) is 1. The zero-order valence-corrected chi connectivity index (χ0v) is 12.7. The molecule has 0 saturated heterocycles. The Morgan fingerprint density at radius 2 is 1.90 bits per heavy atom. The van der Waals surface area contributed by atoms with Crippen LogP contribution in [-0.4, -0.2) is 16.1 Å². The highest BCUT2D eigenvalue weighted by atomic mass is 127. The lowest BCUT2D eigenvalue weighted by molar-refractivity contribution is -0.136. The number of H-pyrrole nitrogens is 1. The van der Waals surface area contributed by atoms with Gasteiger partial charge in [-0.05, 0) is 51.9 Å². The van der Waals surface area contributed by atoms with Crippen LogP contribution >= 0.6 is 22.6 Å². The number of hydrogen-bond donors (Lipinski definition) is 2. The summed E-state index contributed by atoms with van der Waals surface area (Å²) in [6.45, 7) is 0. The van der Waals surface area contributed by atoms with Gasteiger partial charge in [-0.15, -0.1) is 0 Å². The summed E-state index contributed by atoms with van der Waals surface area (Å²) in [5.74, 6) is -0.818. The third-order valence-corrected chi connectivity index (χ3v) is 3.93. The van der Waals surface area contributed by atoms with Gasteiger partial charge in [-0.1, -0.05) is 30.3 Å². The van der Waals surface area contributed by atoms with Gasteiger partial charge in [0.1, 0.15) is 0 Å². The fourth-order valence-corrected chi connectivity index (χ4v) is 2.90. The maximum atomic E-state index is 11.2. The highest BCUT2D eigenvalue weighted by Crippen LogP contribution is 2.31. The maximum absolute atomic E-state index is 11.2. The Bertz CT molecular complexity index is 778. The summed E-state index contributed by atoms with van der Waals surface area (Å²) in [6, 6.07) is 15.9. The van der Waals surface area contributed by atoms with Crippen LogP contribution in [0.25, 0.3) is 22.2 Å². The number of halogens is 1. The topological polar surface area (TPSA) is 53.1 Å². The van der Waals surface area contributed by atoms with Gasteiger partial charge < -0.3 is 10.1 Å². The third-order valence-electron chi connectivity index (χ3n) is 3.26. The Kier molecular flexibility index (Phi) is 3.48. The summed E-state index contributed by atoms with van der Waals surface area (Å²) >= 11 is 2.24. The van der Waals surface area contributed by atoms with Gasteiger partial charge in [-0.3, -0.25) is 4.79 Å². The molecule has 1 aromatic heterocycles. The smallest absolute Gasteiger partial charge is 0.307 e. The SMILES string of the molecule is O=C(O)Cc1c(-c2ccccc2)[nH]c2ccc(I)cc12. The van der Waals surface area contributed by atoms with Gasteiger partial charge >= 0.3 is 5.97 Å². The van der Waals surface area contributed by atoms with Gasteiger partial charge in [0.15, 0.2) is 0 Å². The summed E-state index contributed by atoms with van der Waals surface area (Å²) < 4.78 is 1.10. The number of aliphatic carboxylic acids is 1. The molecule has 0 amide bonds. The van der Waals surface area contributed by atoms with E-state index >= 15 is 0 Å². The molecule has 4 heteroatoms. The van der Waals surface area contributed by atoms with Crippen molar-refractivity contribution in [2.75, 3.05) is 0 Å². The number of fused-ring (bicyclic) bond motifs is 1. The van der Waals surface area contributed by atoms with Gasteiger partial charge in [0.05, 0.1) is 12.1 Å². The monoisotopic (exact) mass is 377 g/mol. The zero-order valence-electron chi connectivity index (χ0n) is 10.6. The predicted molar refractivity (Wildman–Crippen MR) is 87.8 cm³/mol. The molecule has 0 saturated carbocycles. The number of nitrogens with one attached hydrogen (secondary N) is 1. The van der Waals surface area contributed by atoms with Crippen LogP contribution in [0.2, 0.25) is 0 Å². The van der Waals surface area contributed by atoms with E-state index in [1.807, 2.05) is 48.5 Å². The van der Waals surface area contributed by atoms with Crippen LogP contribution in [0, 0.1) is 3.57 Å². The molecule has 2 aromatic carbocycles. The first-order valence-corrected chi connectivity index (χ1v) is 7.30. The fraction of sp³-hybridized carbons (Fsp3) is 0.0625. The van der Waals surface area contributed by atoms with Gasteiger partial charge in [-0.2, -0.15) is 0 Å². The van der Waals surface area contributed by atoms with Crippen LogP contribution < -0.4 is 0 Å². The van der Waals surface area contributed by atoms with Crippen molar-refractivity contribution >= 4 is 39.5 Å². The van der Waals surface area contributed by atoms with Crippen LogP contribution in [0.3, 0.4) is 0 Å². The standard InChI is InChI=1S/C16H12INO2/c17-11-6-7-14-12(8-11)13(9-15(19)20)16(18-14)10-4-2-1-3-5-10/h1-8,18H,9H2,(H,19,20). The average Bonchev–Trinajstić information content (AvgIpc) is 2.77. The second-order valence-electron chi connectivity index (χ2n) is 4.60. The number of carbonyl (C=O) groups is 1. The summed E-state index contributed by atoms with van der Waals surface area (Å²) in [7, 11) is 0. The molecule has 3 rings (SSSR count). The molecule has 0 spiro atoms. The van der Waals surface area contributed by atoms with Crippen LogP contribution in [-0.2, 0) is 11.2 Å². The van der Waals surface area contributed by atoms with Crippen molar-refractivity contribution in [3.05, 3.63) is 57.7 Å². The molecule has 3 aromatic rings. The van der Waals surface area contributed by atoms with Crippen molar-refractivity contribution in [3.63, 3.8) is 0 Å². The number of benzene rings is 2. The number of carboxylic acids is 1. The summed E-state index contributed by atoms with van der Waals surface area (Å²) in [4.78, 5) is 14.5. The molecule has 0 aliphatic heterocycles.